The maximum atomic E-state index is 11.6. The van der Waals surface area contributed by atoms with Crippen LogP contribution in [0.1, 0.15) is 77.6 Å². The summed E-state index contributed by atoms with van der Waals surface area (Å²) in [5.41, 5.74) is 0.384. The molecule has 0 saturated heterocycles. The highest BCUT2D eigenvalue weighted by molar-refractivity contribution is 6.18. The molecule has 0 spiro atoms. The molecule has 0 saturated carbocycles. The third kappa shape index (κ3) is 12.0. The van der Waals surface area contributed by atoms with Crippen molar-refractivity contribution in [3.8, 4) is 0 Å². The molecule has 0 aromatic heterocycles. The summed E-state index contributed by atoms with van der Waals surface area (Å²) in [7, 11) is 2.07. The third-order valence-corrected chi connectivity index (χ3v) is 5.42. The second-order valence-electron chi connectivity index (χ2n) is 6.30. The molecule has 23 heavy (non-hydrogen) atoms. The SMILES string of the molecule is CCCCCCCCCCCCC([SiH3])/C(=C/C(=O)O)C(=O)OC. The topological polar surface area (TPSA) is 63.6 Å². The molecule has 1 unspecified atom stereocenters. The van der Waals surface area contributed by atoms with E-state index in [1.54, 1.807) is 0 Å². The average Bonchev–Trinajstić information content (AvgIpc) is 2.53. The molecular weight excluding hydrogens is 308 g/mol. The van der Waals surface area contributed by atoms with E-state index in [1.165, 1.54) is 58.5 Å². The van der Waals surface area contributed by atoms with Crippen molar-refractivity contribution < 1.29 is 19.4 Å². The van der Waals surface area contributed by atoms with Crippen LogP contribution in [0.15, 0.2) is 11.6 Å². The van der Waals surface area contributed by atoms with Crippen LogP contribution in [0.5, 0.6) is 0 Å². The van der Waals surface area contributed by atoms with Crippen molar-refractivity contribution in [1.29, 1.82) is 0 Å². The van der Waals surface area contributed by atoms with Gasteiger partial charge in [-0.1, -0.05) is 71.1 Å². The van der Waals surface area contributed by atoms with Gasteiger partial charge in [-0.15, -0.1) is 0 Å². The largest absolute Gasteiger partial charge is 0.478 e. The summed E-state index contributed by atoms with van der Waals surface area (Å²) in [5, 5.41) is 8.85. The van der Waals surface area contributed by atoms with E-state index in [1.807, 2.05) is 0 Å². The first-order valence-corrected chi connectivity index (χ1v) is 10.2. The molecule has 0 aliphatic heterocycles. The van der Waals surface area contributed by atoms with E-state index in [2.05, 4.69) is 11.7 Å². The minimum atomic E-state index is -1.07. The van der Waals surface area contributed by atoms with Gasteiger partial charge in [0.2, 0.25) is 0 Å². The average molecular weight is 343 g/mol. The Hall–Kier alpha value is -1.10. The van der Waals surface area contributed by atoms with Crippen LogP contribution >= 0.6 is 0 Å². The van der Waals surface area contributed by atoms with Crippen molar-refractivity contribution in [1.82, 2.24) is 0 Å². The molecule has 0 amide bonds. The number of hydrogen-bond acceptors (Lipinski definition) is 3. The zero-order valence-corrected chi connectivity index (χ0v) is 17.1. The van der Waals surface area contributed by atoms with Gasteiger partial charge in [0.15, 0.2) is 0 Å². The molecule has 134 valence electrons. The first-order valence-electron chi connectivity index (χ1n) is 9.05. The summed E-state index contributed by atoms with van der Waals surface area (Å²) in [6, 6.07) is 0. The fraction of sp³-hybridized carbons (Fsp3) is 0.778. The number of methoxy groups -OCH3 is 1. The molecule has 0 aromatic carbocycles. The number of hydrogen-bond donors (Lipinski definition) is 1. The summed E-state index contributed by atoms with van der Waals surface area (Å²) < 4.78 is 4.69. The summed E-state index contributed by atoms with van der Waals surface area (Å²) in [5.74, 6) is -1.58. The lowest BCUT2D eigenvalue weighted by atomic mass is 10.0. The van der Waals surface area contributed by atoms with Crippen LogP contribution in [0, 0.1) is 0 Å². The number of carboxylic acids is 1. The first kappa shape index (κ1) is 21.9. The summed E-state index contributed by atoms with van der Waals surface area (Å²) >= 11 is 0. The number of carbonyl (C=O) groups excluding carboxylic acids is 1. The molecule has 0 rings (SSSR count). The molecular formula is C18H34O4Si. The third-order valence-electron chi connectivity index (χ3n) is 4.22. The molecule has 0 aromatic rings. The van der Waals surface area contributed by atoms with E-state index in [9.17, 15) is 9.59 Å². The van der Waals surface area contributed by atoms with E-state index in [0.717, 1.165) is 35.6 Å². The van der Waals surface area contributed by atoms with Crippen LogP contribution in [0.25, 0.3) is 0 Å². The van der Waals surface area contributed by atoms with E-state index in [0.29, 0.717) is 5.57 Å². The number of ether oxygens (including phenoxy) is 1. The van der Waals surface area contributed by atoms with Crippen molar-refractivity contribution in [2.45, 2.75) is 83.1 Å². The van der Waals surface area contributed by atoms with E-state index >= 15 is 0 Å². The fourth-order valence-corrected chi connectivity index (χ4v) is 3.56. The highest BCUT2D eigenvalue weighted by Gasteiger charge is 2.18. The normalized spacial score (nSPS) is 13.0. The molecule has 0 heterocycles. The Bertz CT molecular complexity index is 366. The van der Waals surface area contributed by atoms with Gasteiger partial charge in [0.05, 0.1) is 7.11 Å². The maximum Gasteiger partial charge on any atom is 0.333 e. The second kappa shape index (κ2) is 14.5. The van der Waals surface area contributed by atoms with E-state index < -0.39 is 11.9 Å². The van der Waals surface area contributed by atoms with Gasteiger partial charge in [-0.05, 0) is 12.0 Å². The second-order valence-corrected chi connectivity index (χ2v) is 7.70. The Morgan fingerprint density at radius 2 is 1.48 bits per heavy atom. The monoisotopic (exact) mass is 342 g/mol. The summed E-state index contributed by atoms with van der Waals surface area (Å²) in [6.45, 7) is 2.24. The number of esters is 1. The standard InChI is InChI=1S/C18H34O4Si/c1-3-4-5-6-7-8-9-10-11-12-13-16(23)15(14-17(19)20)18(21)22-2/h14,16H,3-13H2,1-2,23H3,(H,19,20)/b15-14-. The minimum absolute atomic E-state index is 0.0626. The Balaban J connectivity index is 3.81. The molecule has 0 fully saturated rings. The van der Waals surface area contributed by atoms with Gasteiger partial charge in [-0.25, -0.2) is 9.59 Å². The van der Waals surface area contributed by atoms with Crippen molar-refractivity contribution >= 4 is 22.2 Å². The lowest BCUT2D eigenvalue weighted by Crippen LogP contribution is -2.13. The van der Waals surface area contributed by atoms with Crippen LogP contribution in [0.4, 0.5) is 0 Å². The van der Waals surface area contributed by atoms with Gasteiger partial charge in [-0.3, -0.25) is 0 Å². The Labute approximate surface area is 144 Å². The Kier molecular flexibility index (Phi) is 13.8. The lowest BCUT2D eigenvalue weighted by molar-refractivity contribution is -0.137. The van der Waals surface area contributed by atoms with Crippen molar-refractivity contribution in [2.24, 2.45) is 0 Å². The van der Waals surface area contributed by atoms with Crippen LogP contribution in [0.3, 0.4) is 0 Å². The van der Waals surface area contributed by atoms with E-state index in [-0.39, 0.29) is 5.54 Å². The summed E-state index contributed by atoms with van der Waals surface area (Å²) in [6.07, 6.45) is 14.7. The van der Waals surface area contributed by atoms with Crippen LogP contribution in [-0.2, 0) is 14.3 Å². The van der Waals surface area contributed by atoms with Crippen molar-refractivity contribution in [2.75, 3.05) is 7.11 Å². The number of carboxylic acid groups (broad SMARTS) is 1. The Morgan fingerprint density at radius 1 is 1.00 bits per heavy atom. The molecule has 1 atom stereocenters. The minimum Gasteiger partial charge on any atom is -0.478 e. The zero-order chi connectivity index (χ0) is 17.5. The van der Waals surface area contributed by atoms with Gasteiger partial charge >= 0.3 is 11.9 Å². The van der Waals surface area contributed by atoms with Crippen molar-refractivity contribution in [3.63, 3.8) is 0 Å². The van der Waals surface area contributed by atoms with Gasteiger partial charge < -0.3 is 9.84 Å². The van der Waals surface area contributed by atoms with Crippen LogP contribution in [0.2, 0.25) is 5.54 Å². The van der Waals surface area contributed by atoms with E-state index in [4.69, 9.17) is 5.11 Å². The molecule has 0 radical (unpaired) electrons. The quantitative estimate of drug-likeness (QED) is 0.227. The predicted molar refractivity (Wildman–Crippen MR) is 97.9 cm³/mol. The fourth-order valence-electron chi connectivity index (χ4n) is 2.75. The number of aliphatic carboxylic acids is 1. The molecule has 4 nitrogen and oxygen atoms in total. The Morgan fingerprint density at radius 3 is 1.91 bits per heavy atom. The van der Waals surface area contributed by atoms with Crippen molar-refractivity contribution in [3.05, 3.63) is 11.6 Å². The molecule has 0 aliphatic carbocycles. The van der Waals surface area contributed by atoms with Crippen LogP contribution < -0.4 is 0 Å². The highest BCUT2D eigenvalue weighted by Crippen LogP contribution is 2.23. The number of unbranched alkanes of at least 4 members (excludes halogenated alkanes) is 9. The molecule has 0 bridgehead atoms. The predicted octanol–water partition coefficient (Wildman–Crippen LogP) is 3.64. The first-order chi connectivity index (χ1) is 11.0. The van der Waals surface area contributed by atoms with Gasteiger partial charge in [0.1, 0.15) is 0 Å². The molecule has 0 aliphatic rings. The van der Waals surface area contributed by atoms with Crippen LogP contribution in [-0.4, -0.2) is 34.4 Å². The maximum absolute atomic E-state index is 11.6. The zero-order valence-electron chi connectivity index (χ0n) is 15.1. The number of rotatable bonds is 14. The van der Waals surface area contributed by atoms with Gasteiger partial charge in [-0.2, -0.15) is 0 Å². The molecule has 5 heteroatoms. The summed E-state index contributed by atoms with van der Waals surface area (Å²) in [4.78, 5) is 22.4. The van der Waals surface area contributed by atoms with Gasteiger partial charge in [0.25, 0.3) is 0 Å². The number of carbonyl (C=O) groups is 2. The highest BCUT2D eigenvalue weighted by atomic mass is 28.1. The van der Waals surface area contributed by atoms with Gasteiger partial charge in [0, 0.05) is 21.9 Å². The lowest BCUT2D eigenvalue weighted by Gasteiger charge is -2.13. The smallest absolute Gasteiger partial charge is 0.333 e. The molecule has 1 N–H and O–H groups in total.